The maximum atomic E-state index is 5.92. The molecule has 144 valence electrons. The molecule has 1 aliphatic rings. The normalized spacial score (nSPS) is 22.5. The van der Waals surface area contributed by atoms with Gasteiger partial charge in [0.25, 0.3) is 0 Å². The van der Waals surface area contributed by atoms with Gasteiger partial charge in [-0.3, -0.25) is 4.99 Å². The molecule has 1 aliphatic carbocycles. The fraction of sp³-hybridized carbons (Fsp3) is 0.941. The molecule has 0 saturated heterocycles. The average molecular weight is 457 g/mol. The summed E-state index contributed by atoms with van der Waals surface area (Å²) in [5.41, 5.74) is 0.211. The fourth-order valence-electron chi connectivity index (χ4n) is 3.43. The van der Waals surface area contributed by atoms with Gasteiger partial charge in [-0.15, -0.1) is 24.0 Å². The Balaban J connectivity index is 0.00000529. The van der Waals surface area contributed by atoms with Crippen LogP contribution in [0.4, 0.5) is 0 Å². The van der Waals surface area contributed by atoms with Gasteiger partial charge in [0.1, 0.15) is 0 Å². The van der Waals surface area contributed by atoms with Gasteiger partial charge in [-0.25, -0.2) is 0 Å². The predicted molar refractivity (Wildman–Crippen MR) is 109 cm³/mol. The number of nitrogens with zero attached hydrogens (tertiary/aromatic N) is 1. The Morgan fingerprint density at radius 3 is 2.42 bits per heavy atom. The van der Waals surface area contributed by atoms with Crippen molar-refractivity contribution in [3.8, 4) is 0 Å². The van der Waals surface area contributed by atoms with E-state index < -0.39 is 0 Å². The smallest absolute Gasteiger partial charge is 0.191 e. The van der Waals surface area contributed by atoms with Gasteiger partial charge in [0.15, 0.2) is 5.96 Å². The zero-order chi connectivity index (χ0) is 17.1. The van der Waals surface area contributed by atoms with Crippen molar-refractivity contribution >= 4 is 29.9 Å². The molecule has 1 saturated carbocycles. The summed E-state index contributed by atoms with van der Waals surface area (Å²) in [5, 5.41) is 6.88. The molecule has 0 aromatic heterocycles. The van der Waals surface area contributed by atoms with Crippen LogP contribution >= 0.6 is 24.0 Å². The van der Waals surface area contributed by atoms with Gasteiger partial charge in [-0.2, -0.15) is 0 Å². The van der Waals surface area contributed by atoms with Crippen molar-refractivity contribution in [3.05, 3.63) is 0 Å². The summed E-state index contributed by atoms with van der Waals surface area (Å²) in [4.78, 5) is 4.32. The highest BCUT2D eigenvalue weighted by Crippen LogP contribution is 2.48. The molecule has 6 nitrogen and oxygen atoms in total. The van der Waals surface area contributed by atoms with Crippen molar-refractivity contribution in [1.82, 2.24) is 10.6 Å². The minimum Gasteiger partial charge on any atom is -0.382 e. The van der Waals surface area contributed by atoms with Crippen LogP contribution in [0.2, 0.25) is 0 Å². The average Bonchev–Trinajstić information content (AvgIpc) is 2.56. The van der Waals surface area contributed by atoms with Crippen LogP contribution < -0.4 is 10.6 Å². The Hall–Kier alpha value is -0.120. The molecule has 2 atom stereocenters. The second-order valence-electron chi connectivity index (χ2n) is 5.92. The number of methoxy groups -OCH3 is 1. The summed E-state index contributed by atoms with van der Waals surface area (Å²) in [7, 11) is 3.48. The maximum Gasteiger partial charge on any atom is 0.191 e. The third kappa shape index (κ3) is 6.31. The molecule has 0 bridgehead atoms. The second kappa shape index (κ2) is 13.1. The highest BCUT2D eigenvalue weighted by atomic mass is 127. The molecule has 0 radical (unpaired) electrons. The van der Waals surface area contributed by atoms with Gasteiger partial charge >= 0.3 is 0 Å². The summed E-state index contributed by atoms with van der Waals surface area (Å²) in [6.45, 7) is 9.98. The Labute approximate surface area is 164 Å². The largest absolute Gasteiger partial charge is 0.382 e. The molecule has 0 heterocycles. The molecule has 1 fully saturated rings. The Morgan fingerprint density at radius 1 is 1.17 bits per heavy atom. The lowest BCUT2D eigenvalue weighted by Crippen LogP contribution is -2.65. The van der Waals surface area contributed by atoms with Crippen molar-refractivity contribution in [2.45, 2.75) is 52.2 Å². The van der Waals surface area contributed by atoms with Crippen LogP contribution in [0, 0.1) is 5.41 Å². The SMILES string of the molecule is CCOC1CC(NC(=NC)NCCOCCOC)C1(CC)CC.I. The molecule has 2 unspecified atom stereocenters. The van der Waals surface area contributed by atoms with E-state index in [1.54, 1.807) is 14.2 Å². The van der Waals surface area contributed by atoms with E-state index in [1.807, 2.05) is 0 Å². The van der Waals surface area contributed by atoms with Crippen molar-refractivity contribution in [1.29, 1.82) is 0 Å². The quantitative estimate of drug-likeness (QED) is 0.216. The second-order valence-corrected chi connectivity index (χ2v) is 5.92. The molecular weight excluding hydrogens is 421 g/mol. The van der Waals surface area contributed by atoms with E-state index in [0.717, 1.165) is 38.4 Å². The first kappa shape index (κ1) is 23.9. The number of halogens is 1. The van der Waals surface area contributed by atoms with E-state index in [4.69, 9.17) is 14.2 Å². The number of hydrogen-bond acceptors (Lipinski definition) is 4. The zero-order valence-corrected chi connectivity index (χ0v) is 18.2. The van der Waals surface area contributed by atoms with E-state index in [1.165, 1.54) is 0 Å². The summed E-state index contributed by atoms with van der Waals surface area (Å²) >= 11 is 0. The maximum absolute atomic E-state index is 5.92. The lowest BCUT2D eigenvalue weighted by Gasteiger charge is -2.55. The minimum atomic E-state index is 0. The van der Waals surface area contributed by atoms with Crippen LogP contribution in [-0.4, -0.2) is 65.2 Å². The summed E-state index contributed by atoms with van der Waals surface area (Å²) < 4.78 is 16.3. The minimum absolute atomic E-state index is 0. The number of hydrogen-bond donors (Lipinski definition) is 2. The molecule has 0 aromatic rings. The number of ether oxygens (including phenoxy) is 3. The molecule has 2 N–H and O–H groups in total. The highest BCUT2D eigenvalue weighted by molar-refractivity contribution is 14.0. The van der Waals surface area contributed by atoms with Crippen LogP contribution in [0.1, 0.15) is 40.0 Å². The van der Waals surface area contributed by atoms with Crippen LogP contribution in [0.3, 0.4) is 0 Å². The van der Waals surface area contributed by atoms with Crippen molar-refractivity contribution < 1.29 is 14.2 Å². The van der Waals surface area contributed by atoms with Gasteiger partial charge in [0.05, 0.1) is 25.9 Å². The fourth-order valence-corrected chi connectivity index (χ4v) is 3.43. The van der Waals surface area contributed by atoms with E-state index in [2.05, 4.69) is 36.4 Å². The lowest BCUT2D eigenvalue weighted by atomic mass is 9.58. The highest BCUT2D eigenvalue weighted by Gasteiger charge is 2.53. The summed E-state index contributed by atoms with van der Waals surface area (Å²) in [5.74, 6) is 0.839. The van der Waals surface area contributed by atoms with Crippen LogP contribution in [0.15, 0.2) is 4.99 Å². The molecular formula is C17H36IN3O3. The van der Waals surface area contributed by atoms with Gasteiger partial charge < -0.3 is 24.8 Å². The van der Waals surface area contributed by atoms with Gasteiger partial charge in [0.2, 0.25) is 0 Å². The van der Waals surface area contributed by atoms with Gasteiger partial charge in [-0.05, 0) is 26.2 Å². The van der Waals surface area contributed by atoms with Crippen molar-refractivity contribution in [2.24, 2.45) is 10.4 Å². The number of guanidine groups is 1. The summed E-state index contributed by atoms with van der Waals surface area (Å²) in [6, 6.07) is 0.412. The molecule has 7 heteroatoms. The Bertz CT molecular complexity index is 352. The number of rotatable bonds is 11. The first-order valence-electron chi connectivity index (χ1n) is 8.83. The molecule has 0 aliphatic heterocycles. The lowest BCUT2D eigenvalue weighted by molar-refractivity contribution is -0.133. The molecule has 0 spiro atoms. The van der Waals surface area contributed by atoms with Gasteiger partial charge in [0, 0.05) is 38.8 Å². The molecule has 24 heavy (non-hydrogen) atoms. The number of aliphatic imine (C=N–C) groups is 1. The Morgan fingerprint density at radius 2 is 1.88 bits per heavy atom. The first-order valence-corrected chi connectivity index (χ1v) is 8.83. The topological polar surface area (TPSA) is 64.1 Å². The van der Waals surface area contributed by atoms with Gasteiger partial charge in [-0.1, -0.05) is 13.8 Å². The van der Waals surface area contributed by atoms with Crippen LogP contribution in [-0.2, 0) is 14.2 Å². The van der Waals surface area contributed by atoms with E-state index in [9.17, 15) is 0 Å². The Kier molecular flexibility index (Phi) is 13.1. The van der Waals surface area contributed by atoms with E-state index in [-0.39, 0.29) is 29.4 Å². The zero-order valence-electron chi connectivity index (χ0n) is 15.9. The number of nitrogens with one attached hydrogen (secondary N) is 2. The molecule has 0 aromatic carbocycles. The monoisotopic (exact) mass is 457 g/mol. The van der Waals surface area contributed by atoms with Crippen molar-refractivity contribution in [2.75, 3.05) is 47.1 Å². The third-order valence-electron chi connectivity index (χ3n) is 4.97. The standard InChI is InChI=1S/C17H35N3O3.HI/c1-6-17(7-2)14(13-15(17)23-8-3)20-16(18-4)19-9-10-22-12-11-21-5;/h14-15H,6-13H2,1-5H3,(H2,18,19,20);1H. The molecule has 1 rings (SSSR count). The van der Waals surface area contributed by atoms with E-state index in [0.29, 0.717) is 32.0 Å². The van der Waals surface area contributed by atoms with Crippen LogP contribution in [0.25, 0.3) is 0 Å². The van der Waals surface area contributed by atoms with Crippen LogP contribution in [0.5, 0.6) is 0 Å². The first-order chi connectivity index (χ1) is 11.2. The third-order valence-corrected chi connectivity index (χ3v) is 4.97. The van der Waals surface area contributed by atoms with E-state index >= 15 is 0 Å². The summed E-state index contributed by atoms with van der Waals surface area (Å²) in [6.07, 6.45) is 3.63. The predicted octanol–water partition coefficient (Wildman–Crippen LogP) is 2.42. The molecule has 0 amide bonds. The van der Waals surface area contributed by atoms with Crippen molar-refractivity contribution in [3.63, 3.8) is 0 Å².